The van der Waals surface area contributed by atoms with Crippen LogP contribution in [0.4, 0.5) is 17.6 Å². The highest BCUT2D eigenvalue weighted by molar-refractivity contribution is 5.66. The Bertz CT molecular complexity index is 1210. The maximum atomic E-state index is 14.9. The Morgan fingerprint density at radius 3 is 2.19 bits per heavy atom. The van der Waals surface area contributed by atoms with E-state index in [2.05, 4.69) is 30.3 Å². The van der Waals surface area contributed by atoms with E-state index in [9.17, 15) is 17.6 Å². The summed E-state index contributed by atoms with van der Waals surface area (Å²) in [5.74, 6) is -4.68. The summed E-state index contributed by atoms with van der Waals surface area (Å²) in [6, 6.07) is 13.6. The molecule has 4 rings (SSSR count). The van der Waals surface area contributed by atoms with Crippen molar-refractivity contribution in [2.24, 2.45) is 0 Å². The first-order chi connectivity index (χ1) is 17.4. The van der Waals surface area contributed by atoms with Gasteiger partial charge in [0.2, 0.25) is 5.82 Å². The molecule has 0 N–H and O–H groups in total. The van der Waals surface area contributed by atoms with Crippen LogP contribution in [0.15, 0.2) is 54.6 Å². The molecule has 1 heterocycles. The van der Waals surface area contributed by atoms with Crippen LogP contribution in [-0.2, 0) is 11.2 Å². The van der Waals surface area contributed by atoms with Crippen molar-refractivity contribution in [2.45, 2.75) is 51.6 Å². The third-order valence-electron chi connectivity index (χ3n) is 6.67. The van der Waals surface area contributed by atoms with Crippen LogP contribution in [0, 0.1) is 23.3 Å². The van der Waals surface area contributed by atoms with Crippen LogP contribution in [0.25, 0.3) is 17.2 Å². The Labute approximate surface area is 209 Å². The molecule has 0 saturated carbocycles. The van der Waals surface area contributed by atoms with Crippen molar-refractivity contribution >= 4 is 6.08 Å². The van der Waals surface area contributed by atoms with Gasteiger partial charge < -0.3 is 9.47 Å². The lowest BCUT2D eigenvalue weighted by atomic mass is 9.89. The van der Waals surface area contributed by atoms with Crippen molar-refractivity contribution in [3.8, 4) is 16.9 Å². The van der Waals surface area contributed by atoms with Gasteiger partial charge in [-0.25, -0.2) is 13.2 Å². The predicted octanol–water partition coefficient (Wildman–Crippen LogP) is 8.24. The van der Waals surface area contributed by atoms with Gasteiger partial charge in [-0.05, 0) is 68.4 Å². The van der Waals surface area contributed by atoms with Crippen molar-refractivity contribution in [3.05, 3.63) is 94.6 Å². The van der Waals surface area contributed by atoms with Crippen LogP contribution in [0.1, 0.15) is 55.7 Å². The zero-order valence-electron chi connectivity index (χ0n) is 20.5. The van der Waals surface area contributed by atoms with Gasteiger partial charge in [0.25, 0.3) is 0 Å². The molecule has 2 unspecified atom stereocenters. The van der Waals surface area contributed by atoms with E-state index in [-0.39, 0.29) is 41.6 Å². The topological polar surface area (TPSA) is 18.5 Å². The number of aryl methyl sites for hydroxylation is 1. The number of halogens is 4. The third-order valence-corrected chi connectivity index (χ3v) is 6.67. The van der Waals surface area contributed by atoms with Gasteiger partial charge >= 0.3 is 0 Å². The molecule has 0 spiro atoms. The highest BCUT2D eigenvalue weighted by atomic mass is 19.2. The molecule has 0 aromatic heterocycles. The molecule has 190 valence electrons. The summed E-state index contributed by atoms with van der Waals surface area (Å²) in [5.41, 5.74) is 1.91. The average Bonchev–Trinajstić information content (AvgIpc) is 2.89. The number of benzene rings is 3. The van der Waals surface area contributed by atoms with Gasteiger partial charge in [-0.2, -0.15) is 4.39 Å². The quantitative estimate of drug-likeness (QED) is 0.291. The molecule has 0 radical (unpaired) electrons. The summed E-state index contributed by atoms with van der Waals surface area (Å²) >= 11 is 0. The second-order valence-corrected chi connectivity index (χ2v) is 9.01. The van der Waals surface area contributed by atoms with Crippen molar-refractivity contribution in [3.63, 3.8) is 0 Å². The standard InChI is InChI=1S/C30H30F4O2/c1-3-5-19-6-8-20(9-7-19)22-11-14-23(36-18-22)13-10-21-12-15-24(28(32)27(21)31)25-16-17-26(35-4-2)30(34)29(25)33/h3,5-9,12,15-17,22-23H,4,10-11,13-14,18H2,1-2H3. The molecule has 1 saturated heterocycles. The van der Waals surface area contributed by atoms with E-state index in [1.807, 2.05) is 13.0 Å². The van der Waals surface area contributed by atoms with Gasteiger partial charge in [0, 0.05) is 17.0 Å². The molecule has 0 bridgehead atoms. The van der Waals surface area contributed by atoms with Crippen LogP contribution in [0.3, 0.4) is 0 Å². The fourth-order valence-electron chi connectivity index (χ4n) is 4.68. The van der Waals surface area contributed by atoms with Crippen molar-refractivity contribution < 1.29 is 27.0 Å². The molecule has 1 fully saturated rings. The number of ether oxygens (including phenoxy) is 2. The summed E-state index contributed by atoms with van der Waals surface area (Å²) in [7, 11) is 0. The van der Waals surface area contributed by atoms with Crippen molar-refractivity contribution in [1.82, 2.24) is 0 Å². The lowest BCUT2D eigenvalue weighted by Gasteiger charge is -2.29. The molecule has 0 amide bonds. The van der Waals surface area contributed by atoms with Gasteiger partial charge in [-0.15, -0.1) is 0 Å². The van der Waals surface area contributed by atoms with Gasteiger partial charge in [-0.1, -0.05) is 48.6 Å². The monoisotopic (exact) mass is 498 g/mol. The average molecular weight is 499 g/mol. The van der Waals surface area contributed by atoms with Crippen molar-refractivity contribution in [2.75, 3.05) is 13.2 Å². The minimum atomic E-state index is -1.27. The van der Waals surface area contributed by atoms with Gasteiger partial charge in [0.05, 0.1) is 19.3 Å². The molecular formula is C30H30F4O2. The Hall–Kier alpha value is -3.12. The van der Waals surface area contributed by atoms with E-state index in [0.29, 0.717) is 18.9 Å². The molecule has 1 aliphatic heterocycles. The zero-order valence-corrected chi connectivity index (χ0v) is 20.5. The normalized spacial score (nSPS) is 18.1. The molecule has 3 aromatic rings. The van der Waals surface area contributed by atoms with Gasteiger partial charge in [-0.3, -0.25) is 0 Å². The molecule has 2 atom stereocenters. The molecule has 6 heteroatoms. The smallest absolute Gasteiger partial charge is 0.201 e. The number of allylic oxidation sites excluding steroid dienone is 1. The predicted molar refractivity (Wildman–Crippen MR) is 134 cm³/mol. The minimum absolute atomic E-state index is 0.0386. The summed E-state index contributed by atoms with van der Waals surface area (Å²) in [4.78, 5) is 0. The zero-order chi connectivity index (χ0) is 25.7. The van der Waals surface area contributed by atoms with Gasteiger partial charge in [0.1, 0.15) is 0 Å². The first-order valence-corrected chi connectivity index (χ1v) is 12.3. The first kappa shape index (κ1) is 26.0. The van der Waals surface area contributed by atoms with E-state index in [4.69, 9.17) is 9.47 Å². The Morgan fingerprint density at radius 1 is 0.861 bits per heavy atom. The van der Waals surface area contributed by atoms with Crippen LogP contribution < -0.4 is 4.74 Å². The number of hydrogen-bond acceptors (Lipinski definition) is 2. The largest absolute Gasteiger partial charge is 0.491 e. The first-order valence-electron chi connectivity index (χ1n) is 12.3. The van der Waals surface area contributed by atoms with E-state index in [0.717, 1.165) is 18.4 Å². The molecule has 1 aliphatic rings. The SMILES string of the molecule is CC=Cc1ccc(C2CCC(CCc3ccc(-c4ccc(OCC)c(F)c4F)c(F)c3F)OC2)cc1. The second kappa shape index (κ2) is 11.7. The van der Waals surface area contributed by atoms with E-state index >= 15 is 0 Å². The minimum Gasteiger partial charge on any atom is -0.491 e. The maximum Gasteiger partial charge on any atom is 0.201 e. The Balaban J connectivity index is 1.38. The van der Waals surface area contributed by atoms with E-state index in [1.165, 1.54) is 29.8 Å². The van der Waals surface area contributed by atoms with Crippen molar-refractivity contribution in [1.29, 1.82) is 0 Å². The molecule has 36 heavy (non-hydrogen) atoms. The molecule has 0 aliphatic carbocycles. The number of hydrogen-bond donors (Lipinski definition) is 0. The summed E-state index contributed by atoms with van der Waals surface area (Å²) in [6.07, 6.45) is 6.66. The second-order valence-electron chi connectivity index (χ2n) is 9.01. The van der Waals surface area contributed by atoms with Gasteiger partial charge in [0.15, 0.2) is 23.2 Å². The van der Waals surface area contributed by atoms with Crippen LogP contribution in [0.5, 0.6) is 5.75 Å². The third kappa shape index (κ3) is 5.65. The Kier molecular flexibility index (Phi) is 8.47. The highest BCUT2D eigenvalue weighted by Gasteiger charge is 2.25. The summed E-state index contributed by atoms with van der Waals surface area (Å²) in [5, 5.41) is 0. The van der Waals surface area contributed by atoms with Crippen LogP contribution in [0.2, 0.25) is 0 Å². The summed E-state index contributed by atoms with van der Waals surface area (Å²) in [6.45, 7) is 4.37. The van der Waals surface area contributed by atoms with E-state index in [1.54, 1.807) is 6.92 Å². The van der Waals surface area contributed by atoms with Crippen LogP contribution in [-0.4, -0.2) is 19.3 Å². The molecular weight excluding hydrogens is 468 g/mol. The Morgan fingerprint density at radius 2 is 1.56 bits per heavy atom. The summed E-state index contributed by atoms with van der Waals surface area (Å²) < 4.78 is 69.5. The lowest BCUT2D eigenvalue weighted by Crippen LogP contribution is -2.25. The molecule has 2 nitrogen and oxygen atoms in total. The highest BCUT2D eigenvalue weighted by Crippen LogP contribution is 2.34. The molecule has 3 aromatic carbocycles. The lowest BCUT2D eigenvalue weighted by molar-refractivity contribution is -0.000667. The van der Waals surface area contributed by atoms with Crippen LogP contribution >= 0.6 is 0 Å². The fourth-order valence-corrected chi connectivity index (χ4v) is 4.68. The number of rotatable bonds is 8. The van der Waals surface area contributed by atoms with E-state index < -0.39 is 23.3 Å². The maximum absolute atomic E-state index is 14.9. The fraction of sp³-hybridized carbons (Fsp3) is 0.333.